The Balaban J connectivity index is 2.16. The van der Waals surface area contributed by atoms with E-state index in [1.807, 2.05) is 30.3 Å². The van der Waals surface area contributed by atoms with Crippen LogP contribution in [0.2, 0.25) is 0 Å². The van der Waals surface area contributed by atoms with E-state index in [1.165, 1.54) is 7.11 Å². The minimum absolute atomic E-state index is 0.169. The maximum absolute atomic E-state index is 11.0. The Morgan fingerprint density at radius 2 is 2.31 bits per heavy atom. The van der Waals surface area contributed by atoms with Gasteiger partial charge in [-0.2, -0.15) is 0 Å². The number of nitrogens with one attached hydrogen (secondary N) is 1. The van der Waals surface area contributed by atoms with Crippen molar-refractivity contribution in [2.75, 3.05) is 19.0 Å². The fraction of sp³-hybridized carbons (Fsp3) is 0.167. The molecule has 16 heavy (non-hydrogen) atoms. The van der Waals surface area contributed by atoms with Gasteiger partial charge in [-0.05, 0) is 24.3 Å². The maximum atomic E-state index is 11.0. The van der Waals surface area contributed by atoms with Crippen LogP contribution in [0.15, 0.2) is 36.5 Å². The molecule has 0 spiro atoms. The summed E-state index contributed by atoms with van der Waals surface area (Å²) in [5.74, 6) is -0.286. The van der Waals surface area contributed by atoms with Crippen molar-refractivity contribution in [3.63, 3.8) is 0 Å². The molecule has 0 fully saturated rings. The number of carbonyl (C=O) groups excluding carboxylic acids is 1. The molecule has 0 aliphatic heterocycles. The van der Waals surface area contributed by atoms with Gasteiger partial charge in [0.25, 0.3) is 0 Å². The van der Waals surface area contributed by atoms with Crippen LogP contribution in [0.1, 0.15) is 0 Å². The maximum Gasteiger partial charge on any atom is 0.325 e. The SMILES string of the molecule is COC(=O)CNc1ccc2ncccc2c1. The number of benzene rings is 1. The Morgan fingerprint density at radius 1 is 1.44 bits per heavy atom. The lowest BCUT2D eigenvalue weighted by atomic mass is 10.2. The zero-order valence-electron chi connectivity index (χ0n) is 8.93. The average Bonchev–Trinajstić information content (AvgIpc) is 2.35. The predicted octanol–water partition coefficient (Wildman–Crippen LogP) is 1.82. The molecule has 4 heteroatoms. The third-order valence-electron chi connectivity index (χ3n) is 2.27. The van der Waals surface area contributed by atoms with Crippen LogP contribution in [0.25, 0.3) is 10.9 Å². The monoisotopic (exact) mass is 216 g/mol. The number of esters is 1. The van der Waals surface area contributed by atoms with Crippen molar-refractivity contribution in [1.82, 2.24) is 4.98 Å². The lowest BCUT2D eigenvalue weighted by Crippen LogP contribution is -2.14. The fourth-order valence-corrected chi connectivity index (χ4v) is 1.43. The molecule has 1 aromatic heterocycles. The van der Waals surface area contributed by atoms with Gasteiger partial charge < -0.3 is 10.1 Å². The number of carbonyl (C=O) groups is 1. The quantitative estimate of drug-likeness (QED) is 0.795. The van der Waals surface area contributed by atoms with Crippen LogP contribution in [0, 0.1) is 0 Å². The molecule has 1 N–H and O–H groups in total. The highest BCUT2D eigenvalue weighted by Gasteiger charge is 2.00. The van der Waals surface area contributed by atoms with Gasteiger partial charge in [-0.3, -0.25) is 9.78 Å². The Hall–Kier alpha value is -2.10. The van der Waals surface area contributed by atoms with Gasteiger partial charge in [0.2, 0.25) is 0 Å². The topological polar surface area (TPSA) is 51.2 Å². The van der Waals surface area contributed by atoms with Crippen LogP contribution >= 0.6 is 0 Å². The van der Waals surface area contributed by atoms with Crippen molar-refractivity contribution in [2.24, 2.45) is 0 Å². The largest absolute Gasteiger partial charge is 0.468 e. The zero-order chi connectivity index (χ0) is 11.4. The molecule has 0 aliphatic rings. The standard InChI is InChI=1S/C12H12N2O2/c1-16-12(15)8-14-10-4-5-11-9(7-10)3-2-6-13-11/h2-7,14H,8H2,1H3. The second-order valence-corrected chi connectivity index (χ2v) is 3.34. The van der Waals surface area contributed by atoms with E-state index in [9.17, 15) is 4.79 Å². The van der Waals surface area contributed by atoms with E-state index in [4.69, 9.17) is 0 Å². The molecule has 0 saturated heterocycles. The molecule has 1 heterocycles. The second-order valence-electron chi connectivity index (χ2n) is 3.34. The van der Waals surface area contributed by atoms with Crippen LogP contribution in [-0.4, -0.2) is 24.6 Å². The summed E-state index contributed by atoms with van der Waals surface area (Å²) in [6, 6.07) is 9.61. The van der Waals surface area contributed by atoms with Crippen LogP contribution in [0.5, 0.6) is 0 Å². The smallest absolute Gasteiger partial charge is 0.325 e. The molecule has 0 radical (unpaired) electrons. The van der Waals surface area contributed by atoms with Gasteiger partial charge in [-0.1, -0.05) is 6.07 Å². The van der Waals surface area contributed by atoms with Gasteiger partial charge in [0.1, 0.15) is 6.54 Å². The molecule has 0 saturated carbocycles. The van der Waals surface area contributed by atoms with Gasteiger partial charge in [0, 0.05) is 17.3 Å². The van der Waals surface area contributed by atoms with E-state index >= 15 is 0 Å². The first-order chi connectivity index (χ1) is 7.79. The number of fused-ring (bicyclic) bond motifs is 1. The summed E-state index contributed by atoms with van der Waals surface area (Å²) in [5, 5.41) is 4.02. The summed E-state index contributed by atoms with van der Waals surface area (Å²) in [6.45, 7) is 0.169. The van der Waals surface area contributed by atoms with Crippen molar-refractivity contribution in [3.8, 4) is 0 Å². The van der Waals surface area contributed by atoms with Gasteiger partial charge >= 0.3 is 5.97 Å². The third-order valence-corrected chi connectivity index (χ3v) is 2.27. The van der Waals surface area contributed by atoms with E-state index in [0.29, 0.717) is 0 Å². The predicted molar refractivity (Wildman–Crippen MR) is 62.2 cm³/mol. The highest BCUT2D eigenvalue weighted by atomic mass is 16.5. The van der Waals surface area contributed by atoms with Crippen LogP contribution < -0.4 is 5.32 Å². The molecule has 82 valence electrons. The second kappa shape index (κ2) is 4.61. The first-order valence-corrected chi connectivity index (χ1v) is 4.95. The molecular formula is C12H12N2O2. The molecule has 2 aromatic rings. The molecule has 0 bridgehead atoms. The number of hydrogen-bond acceptors (Lipinski definition) is 4. The van der Waals surface area contributed by atoms with Crippen molar-refractivity contribution in [3.05, 3.63) is 36.5 Å². The number of hydrogen-bond donors (Lipinski definition) is 1. The van der Waals surface area contributed by atoms with Crippen LogP contribution in [-0.2, 0) is 9.53 Å². The van der Waals surface area contributed by atoms with Crippen LogP contribution in [0.4, 0.5) is 5.69 Å². The Bertz CT molecular complexity index is 511. The number of methoxy groups -OCH3 is 1. The van der Waals surface area contributed by atoms with Gasteiger partial charge in [0.05, 0.1) is 12.6 Å². The Labute approximate surface area is 93.3 Å². The summed E-state index contributed by atoms with van der Waals surface area (Å²) in [6.07, 6.45) is 1.75. The molecular weight excluding hydrogens is 204 g/mol. The lowest BCUT2D eigenvalue weighted by molar-refractivity contribution is -0.138. The van der Waals surface area contributed by atoms with Crippen molar-refractivity contribution in [1.29, 1.82) is 0 Å². The number of anilines is 1. The number of nitrogens with zero attached hydrogens (tertiary/aromatic N) is 1. The molecule has 1 aromatic carbocycles. The van der Waals surface area contributed by atoms with Gasteiger partial charge in [-0.15, -0.1) is 0 Å². The molecule has 4 nitrogen and oxygen atoms in total. The summed E-state index contributed by atoms with van der Waals surface area (Å²) < 4.78 is 4.55. The number of rotatable bonds is 3. The highest BCUT2D eigenvalue weighted by Crippen LogP contribution is 2.16. The fourth-order valence-electron chi connectivity index (χ4n) is 1.43. The van der Waals surface area contributed by atoms with Crippen molar-refractivity contribution in [2.45, 2.75) is 0 Å². The average molecular weight is 216 g/mol. The zero-order valence-corrected chi connectivity index (χ0v) is 8.93. The minimum atomic E-state index is -0.286. The Morgan fingerprint density at radius 3 is 3.12 bits per heavy atom. The van der Waals surface area contributed by atoms with E-state index in [0.717, 1.165) is 16.6 Å². The molecule has 0 atom stereocenters. The van der Waals surface area contributed by atoms with Crippen molar-refractivity contribution >= 4 is 22.6 Å². The van der Waals surface area contributed by atoms with Gasteiger partial charge in [-0.25, -0.2) is 0 Å². The van der Waals surface area contributed by atoms with E-state index < -0.39 is 0 Å². The first kappa shape index (κ1) is 10.4. The van der Waals surface area contributed by atoms with Crippen molar-refractivity contribution < 1.29 is 9.53 Å². The lowest BCUT2D eigenvalue weighted by Gasteiger charge is -2.05. The minimum Gasteiger partial charge on any atom is -0.468 e. The third kappa shape index (κ3) is 2.28. The molecule has 0 aliphatic carbocycles. The van der Waals surface area contributed by atoms with Gasteiger partial charge in [0.15, 0.2) is 0 Å². The molecule has 2 rings (SSSR count). The summed E-state index contributed by atoms with van der Waals surface area (Å²) >= 11 is 0. The summed E-state index contributed by atoms with van der Waals surface area (Å²) in [4.78, 5) is 15.2. The highest BCUT2D eigenvalue weighted by molar-refractivity contribution is 5.83. The number of pyridine rings is 1. The normalized spacial score (nSPS) is 10.1. The summed E-state index contributed by atoms with van der Waals surface area (Å²) in [5.41, 5.74) is 1.82. The van der Waals surface area contributed by atoms with Crippen LogP contribution in [0.3, 0.4) is 0 Å². The first-order valence-electron chi connectivity index (χ1n) is 4.95. The van der Waals surface area contributed by atoms with E-state index in [1.54, 1.807) is 6.20 Å². The Kier molecular flexibility index (Phi) is 3.00. The van der Waals surface area contributed by atoms with E-state index in [2.05, 4.69) is 15.0 Å². The number of ether oxygens (including phenoxy) is 1. The molecule has 0 unspecified atom stereocenters. The van der Waals surface area contributed by atoms with E-state index in [-0.39, 0.29) is 12.5 Å². The molecule has 0 amide bonds. The number of aromatic nitrogens is 1. The summed E-state index contributed by atoms with van der Waals surface area (Å²) in [7, 11) is 1.37.